The predicted octanol–water partition coefficient (Wildman–Crippen LogP) is 2.71. The van der Waals surface area contributed by atoms with E-state index in [-0.39, 0.29) is 44.9 Å². The van der Waals surface area contributed by atoms with Gasteiger partial charge in [0.1, 0.15) is 29.9 Å². The van der Waals surface area contributed by atoms with Crippen LogP contribution in [0.5, 0.6) is 0 Å². The van der Waals surface area contributed by atoms with Crippen LogP contribution in [-0.4, -0.2) is 114 Å². The number of amides is 5. The lowest BCUT2D eigenvalue weighted by atomic mass is 10.0. The molecule has 1 heterocycles. The molecule has 1 aliphatic rings. The summed E-state index contributed by atoms with van der Waals surface area (Å²) >= 11 is 0. The highest BCUT2D eigenvalue weighted by Crippen LogP contribution is 2.20. The van der Waals surface area contributed by atoms with Gasteiger partial charge in [0.2, 0.25) is 11.9 Å². The smallest absolute Gasteiger partial charge is 0.414 e. The number of methoxy groups -OCH3 is 1. The number of carbonyl (C=O) groups is 6. The fourth-order valence-corrected chi connectivity index (χ4v) is 5.10. The van der Waals surface area contributed by atoms with E-state index in [0.29, 0.717) is 12.8 Å². The fraction of sp³-hybridized carbons (Fsp3) is 0.583. The summed E-state index contributed by atoms with van der Waals surface area (Å²) in [5, 5.41) is 21.3. The second kappa shape index (κ2) is 20.7. The Hall–Kier alpha value is -5.19. The van der Waals surface area contributed by atoms with Crippen LogP contribution in [0.25, 0.3) is 0 Å². The second-order valence-corrected chi connectivity index (χ2v) is 14.2. The monoisotopic (exact) mass is 746 g/mol. The molecule has 0 radical (unpaired) electrons. The van der Waals surface area contributed by atoms with Crippen molar-refractivity contribution in [2.75, 3.05) is 26.8 Å². The third-order valence-corrected chi connectivity index (χ3v) is 7.36. The fourth-order valence-electron chi connectivity index (χ4n) is 5.10. The topological polar surface area (TPSA) is 223 Å². The van der Waals surface area contributed by atoms with Crippen molar-refractivity contribution in [3.63, 3.8) is 0 Å². The molecule has 4 atom stereocenters. The lowest BCUT2D eigenvalue weighted by Crippen LogP contribution is -2.57. The van der Waals surface area contributed by atoms with Crippen LogP contribution in [-0.2, 0) is 39.8 Å². The van der Waals surface area contributed by atoms with Gasteiger partial charge < -0.3 is 34.7 Å². The quantitative estimate of drug-likeness (QED) is 0.0465. The van der Waals surface area contributed by atoms with Crippen LogP contribution in [0.2, 0.25) is 0 Å². The Bertz CT molecular complexity index is 1420. The van der Waals surface area contributed by atoms with Gasteiger partial charge in [0.15, 0.2) is 6.10 Å². The summed E-state index contributed by atoms with van der Waals surface area (Å²) < 4.78 is 20.5. The summed E-state index contributed by atoms with van der Waals surface area (Å²) in [5.74, 6) is -2.62. The normalized spacial score (nSPS) is 15.8. The average Bonchev–Trinajstić information content (AvgIpc) is 3.56. The number of carbonyl (C=O) groups excluding carboxylic acids is 6. The zero-order valence-electron chi connectivity index (χ0n) is 31.6. The predicted molar refractivity (Wildman–Crippen MR) is 194 cm³/mol. The first-order valence-electron chi connectivity index (χ1n) is 17.3. The lowest BCUT2D eigenvalue weighted by Gasteiger charge is -2.28. The Balaban J connectivity index is 2.30. The van der Waals surface area contributed by atoms with Crippen LogP contribution in [0.4, 0.5) is 14.4 Å². The SMILES string of the molecule is C=CCOC(=O)N1CCC[C@H]1C(=O)N[C@@H](CCCN=C(NC(=O)OC(C)(C)C)NC(=O)OC(C)(C)C)C(O)C(=O)N[C@H](Cc1ccccc1)C(=O)OC. The Morgan fingerprint density at radius 3 is 2.13 bits per heavy atom. The maximum Gasteiger partial charge on any atom is 0.414 e. The van der Waals surface area contributed by atoms with E-state index in [4.69, 9.17) is 18.9 Å². The average molecular weight is 747 g/mol. The number of nitrogens with one attached hydrogen (secondary N) is 4. The molecular weight excluding hydrogens is 692 g/mol. The minimum absolute atomic E-state index is 0.0504. The molecule has 17 nitrogen and oxygen atoms in total. The molecule has 53 heavy (non-hydrogen) atoms. The van der Waals surface area contributed by atoms with Gasteiger partial charge in [0.05, 0.1) is 13.2 Å². The standard InChI is InChI=1S/C36H54N6O11/c1-9-21-51-34(49)42-20-14-18-26(42)28(44)38-24(27(43)29(45)39-25(30(46)50-8)22-23-15-11-10-12-16-23)17-13-19-37-31(40-32(47)52-35(2,3)4)41-33(48)53-36(5,6)7/h9-12,15-16,24-27,43H,1,13-14,17-22H2,2-8H3,(H,38,44)(H,39,45)(H2,37,40,41,47,48)/t24-,25+,26-,27?/m0/s1. The van der Waals surface area contributed by atoms with Gasteiger partial charge in [-0.15, -0.1) is 0 Å². The third-order valence-electron chi connectivity index (χ3n) is 7.36. The Morgan fingerprint density at radius 1 is 0.981 bits per heavy atom. The van der Waals surface area contributed by atoms with Gasteiger partial charge in [-0.1, -0.05) is 43.0 Å². The largest absolute Gasteiger partial charge is 0.467 e. The van der Waals surface area contributed by atoms with E-state index in [0.717, 1.165) is 5.56 Å². The summed E-state index contributed by atoms with van der Waals surface area (Å²) in [4.78, 5) is 82.7. The zero-order chi connectivity index (χ0) is 39.8. The van der Waals surface area contributed by atoms with Crippen LogP contribution < -0.4 is 21.3 Å². The van der Waals surface area contributed by atoms with Gasteiger partial charge in [-0.2, -0.15) is 0 Å². The number of rotatable bonds is 14. The molecule has 294 valence electrons. The Kier molecular flexibility index (Phi) is 17.2. The first kappa shape index (κ1) is 44.0. The van der Waals surface area contributed by atoms with Gasteiger partial charge in [-0.05, 0) is 72.8 Å². The number of hydrogen-bond acceptors (Lipinski definition) is 12. The van der Waals surface area contributed by atoms with Crippen molar-refractivity contribution < 1.29 is 52.8 Å². The van der Waals surface area contributed by atoms with Crippen LogP contribution in [0.1, 0.15) is 72.8 Å². The molecule has 17 heteroatoms. The molecule has 1 saturated heterocycles. The van der Waals surface area contributed by atoms with Crippen LogP contribution >= 0.6 is 0 Å². The summed E-state index contributed by atoms with van der Waals surface area (Å²) in [6, 6.07) is 5.53. The second-order valence-electron chi connectivity index (χ2n) is 14.2. The van der Waals surface area contributed by atoms with Crippen molar-refractivity contribution in [1.82, 2.24) is 26.2 Å². The van der Waals surface area contributed by atoms with E-state index in [2.05, 4.69) is 32.8 Å². The molecule has 5 N–H and O–H groups in total. The number of likely N-dealkylation sites (tertiary alicyclic amines) is 1. The number of esters is 1. The molecule has 0 saturated carbocycles. The van der Waals surface area contributed by atoms with E-state index in [1.54, 1.807) is 71.9 Å². The molecule has 0 aliphatic carbocycles. The van der Waals surface area contributed by atoms with Crippen LogP contribution in [0, 0.1) is 0 Å². The summed E-state index contributed by atoms with van der Waals surface area (Å²) in [6.45, 7) is 13.6. The number of hydrogen-bond donors (Lipinski definition) is 5. The van der Waals surface area contributed by atoms with Crippen molar-refractivity contribution in [3.05, 3.63) is 48.6 Å². The molecule has 5 amide bonds. The van der Waals surface area contributed by atoms with E-state index in [1.165, 1.54) is 18.1 Å². The van der Waals surface area contributed by atoms with Crippen molar-refractivity contribution in [2.24, 2.45) is 4.99 Å². The van der Waals surface area contributed by atoms with E-state index in [9.17, 15) is 33.9 Å². The lowest BCUT2D eigenvalue weighted by molar-refractivity contribution is -0.147. The summed E-state index contributed by atoms with van der Waals surface area (Å²) in [6.07, 6.45) is -2.03. The maximum atomic E-state index is 13.6. The van der Waals surface area contributed by atoms with Gasteiger partial charge in [0.25, 0.3) is 5.91 Å². The van der Waals surface area contributed by atoms with E-state index >= 15 is 0 Å². The molecule has 1 unspecified atom stereocenters. The molecule has 2 rings (SSSR count). The number of alkyl carbamates (subject to hydrolysis) is 2. The Morgan fingerprint density at radius 2 is 1.58 bits per heavy atom. The van der Waals surface area contributed by atoms with Gasteiger partial charge in [0, 0.05) is 19.5 Å². The molecule has 1 aromatic rings. The molecule has 0 bridgehead atoms. The first-order valence-corrected chi connectivity index (χ1v) is 17.3. The zero-order valence-corrected chi connectivity index (χ0v) is 31.6. The molecule has 0 aromatic heterocycles. The van der Waals surface area contributed by atoms with Crippen LogP contribution in [0.15, 0.2) is 48.0 Å². The molecule has 0 spiro atoms. The first-order chi connectivity index (χ1) is 24.8. The minimum atomic E-state index is -1.87. The third kappa shape index (κ3) is 16.4. The summed E-state index contributed by atoms with van der Waals surface area (Å²) in [7, 11) is 1.17. The minimum Gasteiger partial charge on any atom is -0.467 e. The van der Waals surface area contributed by atoms with Crippen LogP contribution in [0.3, 0.4) is 0 Å². The van der Waals surface area contributed by atoms with Crippen molar-refractivity contribution in [3.8, 4) is 0 Å². The number of aliphatic imine (C=N–C) groups is 1. The van der Waals surface area contributed by atoms with Crippen molar-refractivity contribution in [2.45, 2.75) is 109 Å². The Labute approximate surface area is 310 Å². The van der Waals surface area contributed by atoms with E-state index < -0.39 is 71.5 Å². The van der Waals surface area contributed by atoms with E-state index in [1.807, 2.05) is 0 Å². The molecule has 1 aliphatic heterocycles. The molecule has 1 fully saturated rings. The summed E-state index contributed by atoms with van der Waals surface area (Å²) in [5.41, 5.74) is -0.982. The van der Waals surface area contributed by atoms with Gasteiger partial charge in [-0.25, -0.2) is 19.2 Å². The maximum absolute atomic E-state index is 13.6. The number of aliphatic hydroxyl groups excluding tert-OH is 1. The molecular formula is C36H54N6O11. The number of ether oxygens (including phenoxy) is 4. The van der Waals surface area contributed by atoms with Gasteiger partial charge >= 0.3 is 24.2 Å². The molecule has 1 aromatic carbocycles. The number of nitrogens with zero attached hydrogens (tertiary/aromatic N) is 2. The number of guanidine groups is 1. The highest BCUT2D eigenvalue weighted by atomic mass is 16.6. The highest BCUT2D eigenvalue weighted by molar-refractivity contribution is 6.01. The van der Waals surface area contributed by atoms with Crippen molar-refractivity contribution in [1.29, 1.82) is 0 Å². The number of benzene rings is 1. The highest BCUT2D eigenvalue weighted by Gasteiger charge is 2.38. The van der Waals surface area contributed by atoms with Crippen molar-refractivity contribution >= 4 is 42.0 Å². The van der Waals surface area contributed by atoms with Gasteiger partial charge in [-0.3, -0.25) is 30.1 Å². The number of aliphatic hydroxyl groups is 1.